The minimum absolute atomic E-state index is 0.587. The summed E-state index contributed by atoms with van der Waals surface area (Å²) in [6.45, 7) is 1.48. The summed E-state index contributed by atoms with van der Waals surface area (Å²) < 4.78 is 5.73. The predicted octanol–water partition coefficient (Wildman–Crippen LogP) is 2.61. The largest absolute Gasteiger partial charge is 0.456 e. The lowest BCUT2D eigenvalue weighted by molar-refractivity contribution is 0.0282. The fourth-order valence-corrected chi connectivity index (χ4v) is 2.66. The molecule has 3 nitrogen and oxygen atoms in total. The summed E-state index contributed by atoms with van der Waals surface area (Å²) in [5, 5.41) is 12.1. The Bertz CT molecular complexity index is 566. The maximum Gasteiger partial charge on any atom is 0.153 e. The van der Waals surface area contributed by atoms with E-state index in [0.717, 1.165) is 11.9 Å². The van der Waals surface area contributed by atoms with Gasteiger partial charge >= 0.3 is 0 Å². The van der Waals surface area contributed by atoms with Gasteiger partial charge in [0.2, 0.25) is 0 Å². The molecule has 4 heteroatoms. The summed E-state index contributed by atoms with van der Waals surface area (Å²) in [7, 11) is 1.99. The maximum atomic E-state index is 10.5. The number of rotatable bonds is 1. The predicted molar refractivity (Wildman–Crippen MR) is 67.2 cm³/mol. The average molecular weight is 252 g/mol. The van der Waals surface area contributed by atoms with Crippen molar-refractivity contribution in [3.63, 3.8) is 0 Å². The van der Waals surface area contributed by atoms with Crippen LogP contribution < -0.4 is 0 Å². The van der Waals surface area contributed by atoms with Gasteiger partial charge in [0.1, 0.15) is 11.4 Å². The van der Waals surface area contributed by atoms with Gasteiger partial charge in [-0.25, -0.2) is 0 Å². The van der Waals surface area contributed by atoms with E-state index in [1.54, 1.807) is 6.07 Å². The molecule has 0 bridgehead atoms. The van der Waals surface area contributed by atoms with Gasteiger partial charge in [0.15, 0.2) is 5.58 Å². The third-order valence-electron chi connectivity index (χ3n) is 3.39. The van der Waals surface area contributed by atoms with E-state index in [9.17, 15) is 5.11 Å². The molecular formula is C13H14ClNO2. The fourth-order valence-electron chi connectivity index (χ4n) is 2.44. The van der Waals surface area contributed by atoms with Crippen LogP contribution in [0.5, 0.6) is 0 Å². The van der Waals surface area contributed by atoms with Crippen molar-refractivity contribution in [3.05, 3.63) is 35.0 Å². The van der Waals surface area contributed by atoms with Crippen LogP contribution in [0.2, 0.25) is 5.02 Å². The first-order chi connectivity index (χ1) is 8.08. The molecule has 0 aliphatic carbocycles. The molecule has 1 unspecified atom stereocenters. The molecule has 0 spiro atoms. The Labute approximate surface area is 105 Å². The molecule has 1 atom stereocenters. The first-order valence-corrected chi connectivity index (χ1v) is 6.06. The monoisotopic (exact) mass is 251 g/mol. The van der Waals surface area contributed by atoms with E-state index >= 15 is 0 Å². The Hall–Kier alpha value is -1.03. The lowest BCUT2D eigenvalue weighted by Gasteiger charge is -2.19. The van der Waals surface area contributed by atoms with E-state index in [0.29, 0.717) is 29.3 Å². The van der Waals surface area contributed by atoms with E-state index in [4.69, 9.17) is 16.0 Å². The van der Waals surface area contributed by atoms with Gasteiger partial charge < -0.3 is 14.4 Å². The zero-order valence-corrected chi connectivity index (χ0v) is 10.4. The Morgan fingerprint density at radius 1 is 1.47 bits per heavy atom. The molecule has 1 N–H and O–H groups in total. The van der Waals surface area contributed by atoms with E-state index in [2.05, 4.69) is 4.90 Å². The van der Waals surface area contributed by atoms with Gasteiger partial charge in [-0.3, -0.25) is 0 Å². The molecular weight excluding hydrogens is 238 g/mol. The topological polar surface area (TPSA) is 36.6 Å². The number of likely N-dealkylation sites (N-methyl/N-ethyl adjacent to an activating group) is 1. The molecule has 2 aromatic rings. The molecule has 17 heavy (non-hydrogen) atoms. The molecule has 2 heterocycles. The number of para-hydroxylation sites is 1. The minimum Gasteiger partial charge on any atom is -0.456 e. The second-order valence-electron chi connectivity index (χ2n) is 4.79. The van der Waals surface area contributed by atoms with Crippen LogP contribution in [0.15, 0.2) is 28.7 Å². The average Bonchev–Trinajstić information content (AvgIpc) is 2.85. The number of β-amino-alcohol motifs (C(OH)–C–C–N with tert-alkyl or cyclic N) is 1. The van der Waals surface area contributed by atoms with Crippen molar-refractivity contribution in [3.8, 4) is 0 Å². The molecule has 90 valence electrons. The lowest BCUT2D eigenvalue weighted by Crippen LogP contribution is -2.28. The zero-order valence-electron chi connectivity index (χ0n) is 9.61. The van der Waals surface area contributed by atoms with Crippen molar-refractivity contribution in [2.24, 2.45) is 0 Å². The van der Waals surface area contributed by atoms with E-state index in [1.165, 1.54) is 0 Å². The van der Waals surface area contributed by atoms with E-state index < -0.39 is 5.60 Å². The highest BCUT2D eigenvalue weighted by atomic mass is 35.5. The SMILES string of the molecule is CN1CCC(O)(c2cc3cccc(Cl)c3o2)C1. The quantitative estimate of drug-likeness (QED) is 0.847. The summed E-state index contributed by atoms with van der Waals surface area (Å²) in [5.74, 6) is 0.616. The first-order valence-electron chi connectivity index (χ1n) is 5.68. The summed E-state index contributed by atoms with van der Waals surface area (Å²) in [6.07, 6.45) is 0.695. The highest BCUT2D eigenvalue weighted by Gasteiger charge is 2.39. The number of nitrogens with zero attached hydrogens (tertiary/aromatic N) is 1. The van der Waals surface area contributed by atoms with Crippen LogP contribution in [0, 0.1) is 0 Å². The van der Waals surface area contributed by atoms with Crippen molar-refractivity contribution in [1.82, 2.24) is 4.90 Å². The molecule has 1 aliphatic rings. The van der Waals surface area contributed by atoms with Gasteiger partial charge in [-0.05, 0) is 25.6 Å². The maximum absolute atomic E-state index is 10.5. The van der Waals surface area contributed by atoms with Crippen molar-refractivity contribution >= 4 is 22.6 Å². The second kappa shape index (κ2) is 3.73. The van der Waals surface area contributed by atoms with Crippen molar-refractivity contribution in [2.75, 3.05) is 20.1 Å². The normalized spacial score (nSPS) is 25.8. The van der Waals surface area contributed by atoms with Gasteiger partial charge in [-0.15, -0.1) is 0 Å². The van der Waals surface area contributed by atoms with Gasteiger partial charge in [0.25, 0.3) is 0 Å². The van der Waals surface area contributed by atoms with Crippen LogP contribution in [-0.2, 0) is 5.60 Å². The summed E-state index contributed by atoms with van der Waals surface area (Å²) in [6, 6.07) is 7.51. The van der Waals surface area contributed by atoms with E-state index in [1.807, 2.05) is 25.2 Å². The highest BCUT2D eigenvalue weighted by Crippen LogP contribution is 2.36. The smallest absolute Gasteiger partial charge is 0.153 e. The van der Waals surface area contributed by atoms with Gasteiger partial charge in [-0.2, -0.15) is 0 Å². The number of hydrogen-bond acceptors (Lipinski definition) is 3. The number of furan rings is 1. The van der Waals surface area contributed by atoms with Gasteiger partial charge in [0, 0.05) is 18.5 Å². The molecule has 0 saturated carbocycles. The number of aliphatic hydroxyl groups is 1. The lowest BCUT2D eigenvalue weighted by atomic mass is 10.00. The van der Waals surface area contributed by atoms with Crippen LogP contribution in [0.25, 0.3) is 11.0 Å². The van der Waals surface area contributed by atoms with E-state index in [-0.39, 0.29) is 0 Å². The molecule has 0 radical (unpaired) electrons. The Morgan fingerprint density at radius 3 is 2.94 bits per heavy atom. The highest BCUT2D eigenvalue weighted by molar-refractivity contribution is 6.34. The van der Waals surface area contributed by atoms with Crippen molar-refractivity contribution in [1.29, 1.82) is 0 Å². The Kier molecular flexibility index (Phi) is 2.43. The number of likely N-dealkylation sites (tertiary alicyclic amines) is 1. The Balaban J connectivity index is 2.10. The standard InChI is InChI=1S/C13H14ClNO2/c1-15-6-5-13(16,8-15)11-7-9-3-2-4-10(14)12(9)17-11/h2-4,7,16H,5-6,8H2,1H3. The first kappa shape index (κ1) is 11.1. The third kappa shape index (κ3) is 1.75. The number of benzene rings is 1. The Morgan fingerprint density at radius 2 is 2.29 bits per heavy atom. The molecule has 1 aromatic carbocycles. The summed E-state index contributed by atoms with van der Waals surface area (Å²) in [5.41, 5.74) is -0.218. The van der Waals surface area contributed by atoms with Crippen LogP contribution in [-0.4, -0.2) is 30.1 Å². The van der Waals surface area contributed by atoms with Gasteiger partial charge in [-0.1, -0.05) is 23.7 Å². The molecule has 0 amide bonds. The number of hydrogen-bond donors (Lipinski definition) is 1. The summed E-state index contributed by atoms with van der Waals surface area (Å²) >= 11 is 6.07. The van der Waals surface area contributed by atoms with Crippen molar-refractivity contribution in [2.45, 2.75) is 12.0 Å². The van der Waals surface area contributed by atoms with Crippen LogP contribution in [0.3, 0.4) is 0 Å². The fraction of sp³-hybridized carbons (Fsp3) is 0.385. The second-order valence-corrected chi connectivity index (χ2v) is 5.20. The van der Waals surface area contributed by atoms with Crippen LogP contribution in [0.1, 0.15) is 12.2 Å². The molecule has 1 saturated heterocycles. The van der Waals surface area contributed by atoms with Crippen LogP contribution in [0.4, 0.5) is 0 Å². The third-order valence-corrected chi connectivity index (χ3v) is 3.69. The zero-order chi connectivity index (χ0) is 12.0. The summed E-state index contributed by atoms with van der Waals surface area (Å²) in [4.78, 5) is 2.09. The minimum atomic E-state index is -0.878. The molecule has 1 fully saturated rings. The van der Waals surface area contributed by atoms with Crippen molar-refractivity contribution < 1.29 is 9.52 Å². The van der Waals surface area contributed by atoms with Crippen LogP contribution >= 0.6 is 11.6 Å². The number of fused-ring (bicyclic) bond motifs is 1. The molecule has 1 aliphatic heterocycles. The number of halogens is 1. The van der Waals surface area contributed by atoms with Gasteiger partial charge in [0.05, 0.1) is 5.02 Å². The molecule has 3 rings (SSSR count). The molecule has 1 aromatic heterocycles.